The molecule has 164 valence electrons. The standard InChI is InChI=1S/C21H21ClN2O5S2/c1-28-15-12-16(22)20(18(13-15)29-2)23-21(25)17(11-14-7-4-3-5-8-14)24-31(26,27)19-9-6-10-30-19/h3-10,12-13,17,24H,11H2,1-2H3,(H,23,25)/t17-/m0/s1. The smallest absolute Gasteiger partial charge is 0.250 e. The van der Waals surface area contributed by atoms with E-state index in [4.69, 9.17) is 21.1 Å². The maximum absolute atomic E-state index is 13.2. The average molecular weight is 481 g/mol. The number of benzene rings is 2. The number of carbonyl (C=O) groups excluding carboxylic acids is 1. The molecule has 3 rings (SSSR count). The molecular formula is C21H21ClN2O5S2. The molecule has 0 fully saturated rings. The number of amides is 1. The maximum Gasteiger partial charge on any atom is 0.250 e. The second-order valence-corrected chi connectivity index (χ2v) is 9.77. The van der Waals surface area contributed by atoms with Gasteiger partial charge >= 0.3 is 0 Å². The highest BCUT2D eigenvalue weighted by Crippen LogP contribution is 2.37. The number of hydrogen-bond acceptors (Lipinski definition) is 6. The van der Waals surface area contributed by atoms with E-state index in [1.807, 2.05) is 30.3 Å². The van der Waals surface area contributed by atoms with Crippen LogP contribution in [-0.2, 0) is 21.2 Å². The lowest BCUT2D eigenvalue weighted by atomic mass is 10.1. The molecule has 0 spiro atoms. The monoisotopic (exact) mass is 480 g/mol. The summed E-state index contributed by atoms with van der Waals surface area (Å²) in [7, 11) is -0.970. The van der Waals surface area contributed by atoms with Crippen molar-refractivity contribution in [1.82, 2.24) is 4.72 Å². The second-order valence-electron chi connectivity index (χ2n) is 6.47. The molecule has 0 aliphatic carbocycles. The topological polar surface area (TPSA) is 93.7 Å². The van der Waals surface area contributed by atoms with Crippen molar-refractivity contribution in [1.29, 1.82) is 0 Å². The maximum atomic E-state index is 13.2. The number of sulfonamides is 1. The third-order valence-corrected chi connectivity index (χ3v) is 7.56. The number of carbonyl (C=O) groups is 1. The number of nitrogens with one attached hydrogen (secondary N) is 2. The van der Waals surface area contributed by atoms with Crippen molar-refractivity contribution in [2.24, 2.45) is 0 Å². The summed E-state index contributed by atoms with van der Waals surface area (Å²) in [6.07, 6.45) is 0.146. The van der Waals surface area contributed by atoms with Gasteiger partial charge in [0.15, 0.2) is 0 Å². The largest absolute Gasteiger partial charge is 0.497 e. The molecule has 0 saturated heterocycles. The molecule has 2 aromatic carbocycles. The lowest BCUT2D eigenvalue weighted by molar-refractivity contribution is -0.117. The van der Waals surface area contributed by atoms with Crippen LogP contribution < -0.4 is 19.5 Å². The van der Waals surface area contributed by atoms with Crippen LogP contribution in [0.15, 0.2) is 64.2 Å². The first kappa shape index (κ1) is 23.1. The van der Waals surface area contributed by atoms with Crippen LogP contribution in [-0.4, -0.2) is 34.6 Å². The molecule has 10 heteroatoms. The SMILES string of the molecule is COc1cc(Cl)c(NC(=O)[C@H](Cc2ccccc2)NS(=O)(=O)c2cccs2)c(OC)c1. The summed E-state index contributed by atoms with van der Waals surface area (Å²) in [5.74, 6) is 0.172. The molecule has 0 aliphatic heterocycles. The van der Waals surface area contributed by atoms with E-state index in [1.165, 1.54) is 26.4 Å². The number of thiophene rings is 1. The minimum absolute atomic E-state index is 0.124. The summed E-state index contributed by atoms with van der Waals surface area (Å²) in [6.45, 7) is 0. The van der Waals surface area contributed by atoms with Crippen molar-refractivity contribution in [3.8, 4) is 11.5 Å². The van der Waals surface area contributed by atoms with E-state index in [9.17, 15) is 13.2 Å². The van der Waals surface area contributed by atoms with E-state index < -0.39 is 22.0 Å². The van der Waals surface area contributed by atoms with Gasteiger partial charge in [-0.1, -0.05) is 48.0 Å². The van der Waals surface area contributed by atoms with Gasteiger partial charge in [-0.25, -0.2) is 8.42 Å². The van der Waals surface area contributed by atoms with Crippen LogP contribution in [0.5, 0.6) is 11.5 Å². The van der Waals surface area contributed by atoms with Gasteiger partial charge in [0.05, 0.1) is 19.2 Å². The molecule has 31 heavy (non-hydrogen) atoms. The van der Waals surface area contributed by atoms with Crippen molar-refractivity contribution in [2.45, 2.75) is 16.7 Å². The van der Waals surface area contributed by atoms with Gasteiger partial charge in [-0.3, -0.25) is 4.79 Å². The van der Waals surface area contributed by atoms with Gasteiger partial charge in [-0.05, 0) is 23.4 Å². The lowest BCUT2D eigenvalue weighted by Crippen LogP contribution is -2.45. The van der Waals surface area contributed by atoms with Crippen LogP contribution in [0.1, 0.15) is 5.56 Å². The van der Waals surface area contributed by atoms with Crippen LogP contribution in [0.4, 0.5) is 5.69 Å². The molecule has 0 aliphatic rings. The van der Waals surface area contributed by atoms with Crippen molar-refractivity contribution in [3.05, 3.63) is 70.6 Å². The number of anilines is 1. The molecule has 2 N–H and O–H groups in total. The van der Waals surface area contributed by atoms with E-state index in [2.05, 4.69) is 10.0 Å². The molecule has 0 bridgehead atoms. The van der Waals surface area contributed by atoms with Gasteiger partial charge in [-0.2, -0.15) is 4.72 Å². The minimum atomic E-state index is -3.89. The van der Waals surface area contributed by atoms with E-state index >= 15 is 0 Å². The number of halogens is 1. The van der Waals surface area contributed by atoms with E-state index in [0.717, 1.165) is 16.9 Å². The zero-order valence-electron chi connectivity index (χ0n) is 16.8. The first-order valence-corrected chi connectivity index (χ1v) is 11.9. The van der Waals surface area contributed by atoms with Crippen LogP contribution >= 0.6 is 22.9 Å². The Morgan fingerprint density at radius 1 is 1.10 bits per heavy atom. The number of hydrogen-bond donors (Lipinski definition) is 2. The molecule has 3 aromatic rings. The Hall–Kier alpha value is -2.59. The minimum Gasteiger partial charge on any atom is -0.497 e. The Kier molecular flexibility index (Phi) is 7.55. The highest BCUT2D eigenvalue weighted by molar-refractivity contribution is 7.91. The highest BCUT2D eigenvalue weighted by atomic mass is 35.5. The van der Waals surface area contributed by atoms with Crippen molar-refractivity contribution < 1.29 is 22.7 Å². The van der Waals surface area contributed by atoms with Gasteiger partial charge in [0, 0.05) is 12.1 Å². The summed E-state index contributed by atoms with van der Waals surface area (Å²) in [6, 6.07) is 14.3. The first-order chi connectivity index (χ1) is 14.8. The summed E-state index contributed by atoms with van der Waals surface area (Å²) < 4.78 is 38.7. The number of methoxy groups -OCH3 is 2. The predicted octanol–water partition coefficient (Wildman–Crippen LogP) is 3.95. The fourth-order valence-electron chi connectivity index (χ4n) is 2.87. The Balaban J connectivity index is 1.91. The fraction of sp³-hybridized carbons (Fsp3) is 0.190. The second kappa shape index (κ2) is 10.1. The molecule has 1 atom stereocenters. The molecule has 0 unspecified atom stereocenters. The quantitative estimate of drug-likeness (QED) is 0.483. The van der Waals surface area contributed by atoms with E-state index in [-0.39, 0.29) is 27.1 Å². The lowest BCUT2D eigenvalue weighted by Gasteiger charge is -2.20. The van der Waals surface area contributed by atoms with Gasteiger partial charge in [0.25, 0.3) is 10.0 Å². The van der Waals surface area contributed by atoms with Gasteiger partial charge in [-0.15, -0.1) is 11.3 Å². The van der Waals surface area contributed by atoms with Gasteiger partial charge < -0.3 is 14.8 Å². The molecule has 1 amide bonds. The van der Waals surface area contributed by atoms with Gasteiger partial charge in [0.1, 0.15) is 27.4 Å². The Labute approximate surface area is 190 Å². The van der Waals surface area contributed by atoms with E-state index in [1.54, 1.807) is 17.5 Å². The van der Waals surface area contributed by atoms with Crippen LogP contribution in [0.3, 0.4) is 0 Å². The summed E-state index contributed by atoms with van der Waals surface area (Å²) >= 11 is 7.37. The third kappa shape index (κ3) is 5.76. The molecular weight excluding hydrogens is 460 g/mol. The normalized spacial score (nSPS) is 12.2. The molecule has 0 saturated carbocycles. The van der Waals surface area contributed by atoms with Crippen LogP contribution in [0, 0.1) is 0 Å². The predicted molar refractivity (Wildman–Crippen MR) is 122 cm³/mol. The Morgan fingerprint density at radius 2 is 1.84 bits per heavy atom. The summed E-state index contributed by atoms with van der Waals surface area (Å²) in [4.78, 5) is 13.2. The zero-order valence-corrected chi connectivity index (χ0v) is 19.2. The van der Waals surface area contributed by atoms with Crippen LogP contribution in [0.25, 0.3) is 0 Å². The van der Waals surface area contributed by atoms with Crippen molar-refractivity contribution >= 4 is 44.6 Å². The average Bonchev–Trinajstić information content (AvgIpc) is 3.31. The molecule has 0 radical (unpaired) electrons. The summed E-state index contributed by atoms with van der Waals surface area (Å²) in [5.41, 5.74) is 1.02. The number of rotatable bonds is 9. The van der Waals surface area contributed by atoms with Crippen molar-refractivity contribution in [2.75, 3.05) is 19.5 Å². The summed E-state index contributed by atoms with van der Waals surface area (Å²) in [5, 5.41) is 4.55. The molecule has 1 heterocycles. The molecule has 1 aromatic heterocycles. The fourth-order valence-corrected chi connectivity index (χ4v) is 5.32. The van der Waals surface area contributed by atoms with Gasteiger partial charge in [0.2, 0.25) is 5.91 Å². The van der Waals surface area contributed by atoms with E-state index in [0.29, 0.717) is 5.75 Å². The highest BCUT2D eigenvalue weighted by Gasteiger charge is 2.28. The van der Waals surface area contributed by atoms with Crippen molar-refractivity contribution in [3.63, 3.8) is 0 Å². The third-order valence-electron chi connectivity index (χ3n) is 4.39. The van der Waals surface area contributed by atoms with Crippen LogP contribution in [0.2, 0.25) is 5.02 Å². The Bertz CT molecular complexity index is 1140. The Morgan fingerprint density at radius 3 is 2.45 bits per heavy atom. The zero-order chi connectivity index (χ0) is 22.4. The first-order valence-electron chi connectivity index (χ1n) is 9.16. The molecule has 7 nitrogen and oxygen atoms in total. The number of ether oxygens (including phenoxy) is 2.